The van der Waals surface area contributed by atoms with Crippen LogP contribution >= 0.6 is 0 Å². The summed E-state index contributed by atoms with van der Waals surface area (Å²) in [6.07, 6.45) is 0. The van der Waals surface area contributed by atoms with Crippen molar-refractivity contribution in [2.45, 2.75) is 0 Å². The van der Waals surface area contributed by atoms with Gasteiger partial charge < -0.3 is 24.8 Å². The van der Waals surface area contributed by atoms with Crippen molar-refractivity contribution in [3.05, 3.63) is 0 Å². The summed E-state index contributed by atoms with van der Waals surface area (Å²) < 4.78 is 6.69. The van der Waals surface area contributed by atoms with Crippen molar-refractivity contribution in [3.8, 4) is 0 Å². The van der Waals surface area contributed by atoms with Gasteiger partial charge in [-0.2, -0.15) is 0 Å². The van der Waals surface area contributed by atoms with Gasteiger partial charge in [-0.3, -0.25) is 0 Å². The van der Waals surface area contributed by atoms with Crippen LogP contribution in [-0.4, -0.2) is 25.1 Å². The van der Waals surface area contributed by atoms with Gasteiger partial charge in [0.2, 0.25) is 0 Å². The fraction of sp³-hybridized carbons (Fsp3) is 1.00. The number of nitrogens with zero attached hydrogens (tertiary/aromatic N) is 1. The zero-order valence-corrected chi connectivity index (χ0v) is 7.58. The maximum absolute atomic E-state index is 4.73. The number of halogens is 2. The molecule has 0 rings (SSSR count). The van der Waals surface area contributed by atoms with E-state index in [1.165, 1.54) is 0 Å². The second-order valence-corrected chi connectivity index (χ2v) is 2.61. The zero-order chi connectivity index (χ0) is 4.99. The summed E-state index contributed by atoms with van der Waals surface area (Å²) in [7, 11) is 5.60. The number of rotatable bonds is 2. The molecule has 0 saturated heterocycles. The minimum absolute atomic E-state index is 0. The van der Waals surface area contributed by atoms with E-state index in [2.05, 4.69) is 0 Å². The summed E-state index contributed by atoms with van der Waals surface area (Å²) in [6, 6.07) is 0. The molecule has 0 radical (unpaired) electrons. The molecule has 0 unspecified atom stereocenters. The molecule has 0 spiro atoms. The third-order valence-corrected chi connectivity index (χ3v) is 0.798. The quantitative estimate of drug-likeness (QED) is 0.413. The molecule has 0 atom stereocenters. The normalized spacial score (nSPS) is 7.50. The van der Waals surface area contributed by atoms with E-state index in [9.17, 15) is 0 Å². The summed E-state index contributed by atoms with van der Waals surface area (Å²) in [5.74, 6) is 0. The minimum atomic E-state index is 0. The smallest absolute Gasteiger partial charge is 1.00 e. The van der Waals surface area contributed by atoms with Gasteiger partial charge in [0.05, 0.1) is 0 Å². The first kappa shape index (κ1) is 16.0. The molecule has 0 bridgehead atoms. The van der Waals surface area contributed by atoms with Gasteiger partial charge in [-0.05, 0) is 0 Å². The molecule has 0 amide bonds. The Balaban J connectivity index is -0.000000125. The van der Waals surface area contributed by atoms with Gasteiger partial charge in [-0.15, -0.1) is 0 Å². The Morgan fingerprint density at radius 1 is 1.25 bits per heavy atom. The van der Waals surface area contributed by atoms with E-state index in [-0.39, 0.29) is 24.8 Å². The Labute approximate surface area is 69.5 Å². The Morgan fingerprint density at radius 2 is 1.62 bits per heavy atom. The van der Waals surface area contributed by atoms with Crippen LogP contribution in [0, 0.1) is 0 Å². The van der Waals surface area contributed by atoms with E-state index in [1.54, 1.807) is 7.11 Å². The predicted octanol–water partition coefficient (Wildman–Crippen LogP) is -5.89. The molecule has 0 fully saturated rings. The fourth-order valence-corrected chi connectivity index (χ4v) is 0.532. The van der Waals surface area contributed by atoms with Crippen LogP contribution in [0.25, 0.3) is 0 Å². The van der Waals surface area contributed by atoms with Gasteiger partial charge in [0.25, 0.3) is 0 Å². The standard InChI is InChI=1S/C2H6N.CH3O.2ClH.Fe/c1-3-2;1-2;;;/h1-2H3;1H3;2*1H;/q2*-1;;;+4/p-2. The molecule has 0 saturated carbocycles. The Bertz CT molecular complexity index is 38.5. The van der Waals surface area contributed by atoms with Crippen molar-refractivity contribution in [1.82, 2.24) is 3.92 Å². The second kappa shape index (κ2) is 10.9. The van der Waals surface area contributed by atoms with Crippen molar-refractivity contribution in [2.75, 3.05) is 21.2 Å². The summed E-state index contributed by atoms with van der Waals surface area (Å²) in [5, 5.41) is 0. The third-order valence-electron chi connectivity index (χ3n) is 0.194. The molecule has 0 heterocycles. The van der Waals surface area contributed by atoms with E-state index in [0.29, 0.717) is 15.5 Å². The summed E-state index contributed by atoms with van der Waals surface area (Å²) in [4.78, 5) is 0. The molecule has 2 nitrogen and oxygen atoms in total. The maximum Gasteiger partial charge on any atom is -1.00 e. The van der Waals surface area contributed by atoms with Crippen molar-refractivity contribution < 1.29 is 44.1 Å². The van der Waals surface area contributed by atoms with E-state index < -0.39 is 0 Å². The van der Waals surface area contributed by atoms with Crippen LogP contribution in [0.2, 0.25) is 0 Å². The van der Waals surface area contributed by atoms with E-state index >= 15 is 0 Å². The van der Waals surface area contributed by atoms with Crippen LogP contribution in [0.15, 0.2) is 0 Å². The second-order valence-electron chi connectivity index (χ2n) is 0.972. The van der Waals surface area contributed by atoms with Gasteiger partial charge in [0, 0.05) is 0 Å². The Hall–Kier alpha value is 1.02. The van der Waals surface area contributed by atoms with Gasteiger partial charge in [-0.25, -0.2) is 0 Å². The molecule has 54 valence electrons. The fourth-order valence-electron chi connectivity index (χ4n) is 0.129. The van der Waals surface area contributed by atoms with E-state index in [0.717, 1.165) is 0 Å². The monoisotopic (exact) mass is 201 g/mol. The first-order valence-corrected chi connectivity index (χ1v) is 2.55. The molecule has 0 aromatic heterocycles. The predicted molar refractivity (Wildman–Crippen MR) is 20.7 cm³/mol. The largest absolute Gasteiger partial charge is 1.00 e. The molecule has 8 heavy (non-hydrogen) atoms. The first-order chi connectivity index (χ1) is 2.77. The van der Waals surface area contributed by atoms with Gasteiger partial charge >= 0.3 is 44.4 Å². The van der Waals surface area contributed by atoms with Crippen molar-refractivity contribution >= 4 is 0 Å². The van der Waals surface area contributed by atoms with Crippen LogP contribution in [0.5, 0.6) is 0 Å². The molecule has 0 N–H and O–H groups in total. The Kier molecular flexibility index (Phi) is 21.8. The van der Waals surface area contributed by atoms with Gasteiger partial charge in [0.15, 0.2) is 0 Å². The zero-order valence-electron chi connectivity index (χ0n) is 4.96. The molecular weight excluding hydrogens is 193 g/mol. The SMILES string of the molecule is C[O][Fe+2][N](C)C.[Cl-].[Cl-]. The van der Waals surface area contributed by atoms with Crippen LogP contribution in [-0.2, 0) is 19.3 Å². The van der Waals surface area contributed by atoms with E-state index in [1.807, 2.05) is 18.0 Å². The average molecular weight is 202 g/mol. The van der Waals surface area contributed by atoms with E-state index in [4.69, 9.17) is 3.82 Å². The number of hydrogen-bond acceptors (Lipinski definition) is 2. The van der Waals surface area contributed by atoms with Gasteiger partial charge in [-0.1, -0.05) is 0 Å². The van der Waals surface area contributed by atoms with Crippen LogP contribution in [0.1, 0.15) is 0 Å². The third kappa shape index (κ3) is 15.7. The number of hydrogen-bond donors (Lipinski definition) is 0. The van der Waals surface area contributed by atoms with Crippen molar-refractivity contribution in [1.29, 1.82) is 0 Å². The maximum atomic E-state index is 4.73. The molecule has 0 aromatic carbocycles. The average Bonchev–Trinajstić information content (AvgIpc) is 1.35. The summed E-state index contributed by atoms with van der Waals surface area (Å²) in [6.45, 7) is 0. The summed E-state index contributed by atoms with van der Waals surface area (Å²) >= 11 is 0.708. The topological polar surface area (TPSA) is 12.5 Å². The first-order valence-electron chi connectivity index (χ1n) is 1.61. The molecule has 0 aliphatic rings. The van der Waals surface area contributed by atoms with Crippen molar-refractivity contribution in [2.24, 2.45) is 0 Å². The Morgan fingerprint density at radius 3 is 1.62 bits per heavy atom. The molecule has 5 heteroatoms. The van der Waals surface area contributed by atoms with Crippen LogP contribution < -0.4 is 24.8 Å². The summed E-state index contributed by atoms with van der Waals surface area (Å²) in [5.41, 5.74) is 0. The molecular formula is C3H9Cl2FeNO. The molecule has 0 aliphatic heterocycles. The van der Waals surface area contributed by atoms with Crippen LogP contribution in [0.3, 0.4) is 0 Å². The molecule has 0 aromatic rings. The van der Waals surface area contributed by atoms with Crippen molar-refractivity contribution in [3.63, 3.8) is 0 Å². The van der Waals surface area contributed by atoms with Gasteiger partial charge in [0.1, 0.15) is 0 Å². The molecule has 0 aliphatic carbocycles. The van der Waals surface area contributed by atoms with Crippen LogP contribution in [0.4, 0.5) is 0 Å². The minimum Gasteiger partial charge on any atom is -1.00 e.